The predicted octanol–water partition coefficient (Wildman–Crippen LogP) is 12.5. The van der Waals surface area contributed by atoms with E-state index in [1.54, 1.807) is 28.5 Å². The van der Waals surface area contributed by atoms with Crippen molar-refractivity contribution in [3.05, 3.63) is 47.8 Å². The molecule has 0 bridgehead atoms. The highest BCUT2D eigenvalue weighted by atomic mass is 32.1. The zero-order valence-corrected chi connectivity index (χ0v) is 29.2. The van der Waals surface area contributed by atoms with E-state index in [1.807, 2.05) is 17.4 Å². The van der Waals surface area contributed by atoms with Gasteiger partial charge in [0.15, 0.2) is 0 Å². The van der Waals surface area contributed by atoms with Crippen LogP contribution in [0, 0.1) is 11.3 Å². The molecule has 0 aliphatic rings. The molecule has 2 rings (SSSR count). The lowest BCUT2D eigenvalue weighted by Gasteiger charge is -2.08. The molecule has 238 valence electrons. The number of hydrogen-bond donors (Lipinski definition) is 1. The van der Waals surface area contributed by atoms with Crippen molar-refractivity contribution >= 4 is 46.9 Å². The van der Waals surface area contributed by atoms with Crippen molar-refractivity contribution in [2.75, 3.05) is 0 Å². The van der Waals surface area contributed by atoms with Crippen LogP contribution in [0.25, 0.3) is 18.2 Å². The number of hydrogen-bond acceptors (Lipinski definition) is 4. The molecule has 0 aliphatic carbocycles. The van der Waals surface area contributed by atoms with Gasteiger partial charge in [0.1, 0.15) is 11.6 Å². The number of carboxylic acid groups (broad SMARTS) is 1. The van der Waals surface area contributed by atoms with E-state index >= 15 is 0 Å². The summed E-state index contributed by atoms with van der Waals surface area (Å²) in [7, 11) is 0. The summed E-state index contributed by atoms with van der Waals surface area (Å²) >= 11 is 3.56. The average molecular weight is 624 g/mol. The van der Waals surface area contributed by atoms with Crippen LogP contribution in [-0.4, -0.2) is 11.1 Å². The van der Waals surface area contributed by atoms with Gasteiger partial charge in [-0.05, 0) is 97.2 Å². The van der Waals surface area contributed by atoms with Gasteiger partial charge in [-0.2, -0.15) is 5.26 Å². The summed E-state index contributed by atoms with van der Waals surface area (Å²) in [5.41, 5.74) is 5.57. The lowest BCUT2D eigenvalue weighted by atomic mass is 9.95. The summed E-state index contributed by atoms with van der Waals surface area (Å²) in [6.45, 7) is 9.02. The summed E-state index contributed by atoms with van der Waals surface area (Å²) in [5, 5.41) is 21.6. The standard InChI is InChI=1S/C38H57NO2S2/c1-5-9-13-17-21-30-29-42-35(32(30)22-18-14-10-6-2)25-26-36-33(23-19-15-11-7-3)34(24-20-16-12-8-4)37(43-36)27-31(28-39)38(40)41/h25-27,29H,5-24H2,1-4H3,(H,40,41)/b26-25+,31-27-. The molecule has 5 heteroatoms. The summed E-state index contributed by atoms with van der Waals surface area (Å²) in [6.07, 6.45) is 30.3. The highest BCUT2D eigenvalue weighted by Crippen LogP contribution is 2.36. The minimum Gasteiger partial charge on any atom is -0.477 e. The van der Waals surface area contributed by atoms with E-state index in [-0.39, 0.29) is 5.57 Å². The molecular weight excluding hydrogens is 567 g/mol. The maximum absolute atomic E-state index is 11.8. The quantitative estimate of drug-likeness (QED) is 0.0719. The van der Waals surface area contributed by atoms with Crippen LogP contribution in [0.5, 0.6) is 0 Å². The maximum Gasteiger partial charge on any atom is 0.346 e. The van der Waals surface area contributed by atoms with Gasteiger partial charge in [-0.25, -0.2) is 4.79 Å². The Kier molecular flexibility index (Phi) is 19.3. The van der Waals surface area contributed by atoms with Crippen LogP contribution in [0.2, 0.25) is 0 Å². The van der Waals surface area contributed by atoms with Crippen LogP contribution in [0.15, 0.2) is 11.0 Å². The smallest absolute Gasteiger partial charge is 0.346 e. The van der Waals surface area contributed by atoms with Gasteiger partial charge in [-0.1, -0.05) is 105 Å². The Labute approximate surface area is 271 Å². The zero-order chi connectivity index (χ0) is 31.3. The van der Waals surface area contributed by atoms with Crippen molar-refractivity contribution in [1.29, 1.82) is 5.26 Å². The van der Waals surface area contributed by atoms with Crippen LogP contribution in [0.1, 0.15) is 167 Å². The molecule has 1 N–H and O–H groups in total. The SMILES string of the molecule is CCCCCCc1csc(/C=C/c2sc(/C=C(/C#N)C(=O)O)c(CCCCCC)c2CCCCCC)c1CCCCCC. The first-order chi connectivity index (χ1) is 21.0. The molecule has 0 fully saturated rings. The minimum atomic E-state index is -1.15. The predicted molar refractivity (Wildman–Crippen MR) is 190 cm³/mol. The molecule has 0 aliphatic heterocycles. The Bertz CT molecular complexity index is 1180. The van der Waals surface area contributed by atoms with Gasteiger partial charge in [0, 0.05) is 14.6 Å². The number of nitriles is 1. The van der Waals surface area contributed by atoms with E-state index in [4.69, 9.17) is 0 Å². The number of carboxylic acids is 1. The number of unbranched alkanes of at least 4 members (excludes halogenated alkanes) is 12. The van der Waals surface area contributed by atoms with E-state index in [1.165, 1.54) is 117 Å². The molecule has 0 unspecified atom stereocenters. The number of nitrogens with zero attached hydrogens (tertiary/aromatic N) is 1. The second-order valence-corrected chi connectivity index (χ2v) is 13.9. The highest BCUT2D eigenvalue weighted by Gasteiger charge is 2.18. The average Bonchev–Trinajstić information content (AvgIpc) is 3.54. The third kappa shape index (κ3) is 13.2. The van der Waals surface area contributed by atoms with Gasteiger partial charge in [-0.15, -0.1) is 22.7 Å². The molecule has 43 heavy (non-hydrogen) atoms. The Morgan fingerprint density at radius 3 is 1.63 bits per heavy atom. The van der Waals surface area contributed by atoms with E-state index < -0.39 is 5.97 Å². The Hall–Kier alpha value is -2.16. The number of aliphatic carboxylic acids is 1. The van der Waals surface area contributed by atoms with Gasteiger partial charge >= 0.3 is 5.97 Å². The number of carbonyl (C=O) groups is 1. The van der Waals surface area contributed by atoms with Crippen molar-refractivity contribution in [2.45, 2.75) is 156 Å². The van der Waals surface area contributed by atoms with Gasteiger partial charge in [0.2, 0.25) is 0 Å². The van der Waals surface area contributed by atoms with Crippen LogP contribution in [-0.2, 0) is 30.5 Å². The fraction of sp³-hybridized carbons (Fsp3) is 0.632. The monoisotopic (exact) mass is 623 g/mol. The molecule has 2 heterocycles. The number of rotatable bonds is 24. The molecule has 3 nitrogen and oxygen atoms in total. The molecule has 0 spiro atoms. The minimum absolute atomic E-state index is 0.176. The Morgan fingerprint density at radius 1 is 0.674 bits per heavy atom. The van der Waals surface area contributed by atoms with Crippen molar-refractivity contribution < 1.29 is 9.90 Å². The first kappa shape index (κ1) is 37.0. The van der Waals surface area contributed by atoms with Crippen molar-refractivity contribution in [2.24, 2.45) is 0 Å². The third-order valence-corrected chi connectivity index (χ3v) is 10.6. The topological polar surface area (TPSA) is 61.1 Å². The molecule has 0 saturated carbocycles. The van der Waals surface area contributed by atoms with Crippen molar-refractivity contribution in [3.63, 3.8) is 0 Å². The Morgan fingerprint density at radius 2 is 1.14 bits per heavy atom. The molecule has 0 saturated heterocycles. The summed E-state index contributed by atoms with van der Waals surface area (Å²) < 4.78 is 0. The van der Waals surface area contributed by atoms with Gasteiger partial charge in [0.25, 0.3) is 0 Å². The lowest BCUT2D eigenvalue weighted by molar-refractivity contribution is -0.132. The summed E-state index contributed by atoms with van der Waals surface area (Å²) in [5.74, 6) is -1.15. The van der Waals surface area contributed by atoms with Gasteiger partial charge < -0.3 is 5.11 Å². The molecule has 2 aromatic rings. The molecule has 0 amide bonds. The van der Waals surface area contributed by atoms with Gasteiger partial charge in [-0.3, -0.25) is 0 Å². The number of aryl methyl sites for hydroxylation is 1. The van der Waals surface area contributed by atoms with E-state index in [9.17, 15) is 15.2 Å². The van der Waals surface area contributed by atoms with Crippen molar-refractivity contribution in [3.8, 4) is 6.07 Å². The maximum atomic E-state index is 11.8. The van der Waals surface area contributed by atoms with Crippen molar-refractivity contribution in [1.82, 2.24) is 0 Å². The molecule has 0 aromatic carbocycles. The van der Waals surface area contributed by atoms with Gasteiger partial charge in [0.05, 0.1) is 0 Å². The molecule has 0 atom stereocenters. The second kappa shape index (κ2) is 22.4. The van der Waals surface area contributed by atoms with E-state index in [0.29, 0.717) is 0 Å². The zero-order valence-electron chi connectivity index (χ0n) is 27.6. The fourth-order valence-corrected chi connectivity index (χ4v) is 8.06. The number of thiophene rings is 2. The highest BCUT2D eigenvalue weighted by molar-refractivity contribution is 7.14. The largest absolute Gasteiger partial charge is 0.477 e. The lowest BCUT2D eigenvalue weighted by Crippen LogP contribution is -1.99. The fourth-order valence-electron chi connectivity index (χ4n) is 5.76. The van der Waals surface area contributed by atoms with E-state index in [0.717, 1.165) is 37.0 Å². The summed E-state index contributed by atoms with van der Waals surface area (Å²) in [4.78, 5) is 15.4. The first-order valence-electron chi connectivity index (χ1n) is 17.3. The van der Waals surface area contributed by atoms with Crippen LogP contribution in [0.4, 0.5) is 0 Å². The van der Waals surface area contributed by atoms with Crippen LogP contribution < -0.4 is 0 Å². The molecular formula is C38H57NO2S2. The van der Waals surface area contributed by atoms with Crippen LogP contribution >= 0.6 is 22.7 Å². The van der Waals surface area contributed by atoms with Crippen LogP contribution in [0.3, 0.4) is 0 Å². The molecule has 0 radical (unpaired) electrons. The second-order valence-electron chi connectivity index (χ2n) is 11.9. The summed E-state index contributed by atoms with van der Waals surface area (Å²) in [6, 6.07) is 1.92. The Balaban J connectivity index is 2.50. The van der Waals surface area contributed by atoms with E-state index in [2.05, 4.69) is 45.2 Å². The first-order valence-corrected chi connectivity index (χ1v) is 19.0. The molecule has 2 aromatic heterocycles. The third-order valence-electron chi connectivity index (χ3n) is 8.35. The normalized spacial score (nSPS) is 11.9.